The monoisotopic (exact) mass is 453 g/mol. The third-order valence-electron chi connectivity index (χ3n) is 6.46. The summed E-state index contributed by atoms with van der Waals surface area (Å²) in [6.45, 7) is 5.12. The van der Waals surface area contributed by atoms with E-state index in [1.54, 1.807) is 7.11 Å². The summed E-state index contributed by atoms with van der Waals surface area (Å²) in [7, 11) is 1.71. The van der Waals surface area contributed by atoms with Crippen LogP contribution in [-0.2, 0) is 6.54 Å². The van der Waals surface area contributed by atoms with Crippen LogP contribution in [0.15, 0.2) is 48.7 Å². The van der Waals surface area contributed by atoms with Crippen molar-refractivity contribution in [1.29, 1.82) is 5.41 Å². The second-order valence-corrected chi connectivity index (χ2v) is 8.94. The number of benzene rings is 2. The number of likely N-dealkylation sites (tertiary alicyclic amines) is 1. The Morgan fingerprint density at radius 2 is 1.88 bits per heavy atom. The number of rotatable bonds is 10. The van der Waals surface area contributed by atoms with Crippen LogP contribution in [0, 0.1) is 11.3 Å². The third kappa shape index (κ3) is 5.45. The molecule has 0 saturated carbocycles. The minimum atomic E-state index is 0.740. The van der Waals surface area contributed by atoms with Crippen LogP contribution < -0.4 is 9.47 Å². The first-order chi connectivity index (χ1) is 15.7. The van der Waals surface area contributed by atoms with Crippen molar-refractivity contribution in [2.24, 2.45) is 5.92 Å². The fourth-order valence-corrected chi connectivity index (χ4v) is 4.77. The van der Waals surface area contributed by atoms with Crippen molar-refractivity contribution in [3.8, 4) is 11.5 Å². The van der Waals surface area contributed by atoms with E-state index in [9.17, 15) is 0 Å². The van der Waals surface area contributed by atoms with Gasteiger partial charge in [-0.1, -0.05) is 23.7 Å². The number of hydrogen-bond donors (Lipinski definition) is 1. The van der Waals surface area contributed by atoms with Crippen LogP contribution in [-0.4, -0.2) is 49.0 Å². The molecule has 3 aromatic rings. The molecule has 5 nitrogen and oxygen atoms in total. The van der Waals surface area contributed by atoms with Gasteiger partial charge in [0.25, 0.3) is 0 Å². The van der Waals surface area contributed by atoms with Crippen LogP contribution >= 0.6 is 11.6 Å². The molecule has 1 aliphatic rings. The van der Waals surface area contributed by atoms with Gasteiger partial charge in [-0.2, -0.15) is 0 Å². The fraction of sp³-hybridized carbons (Fsp3) is 0.423. The maximum atomic E-state index is 7.73. The molecule has 1 aromatic heterocycles. The molecule has 1 saturated heterocycles. The number of aryl methyl sites for hydroxylation is 1. The van der Waals surface area contributed by atoms with Gasteiger partial charge in [-0.25, -0.2) is 0 Å². The fourth-order valence-electron chi connectivity index (χ4n) is 4.65. The quantitative estimate of drug-likeness (QED) is 0.390. The van der Waals surface area contributed by atoms with Crippen molar-refractivity contribution in [3.63, 3.8) is 0 Å². The molecular formula is C26H32ClN3O2. The zero-order valence-electron chi connectivity index (χ0n) is 18.7. The highest BCUT2D eigenvalue weighted by Gasteiger charge is 2.19. The van der Waals surface area contributed by atoms with Gasteiger partial charge < -0.3 is 24.4 Å². The summed E-state index contributed by atoms with van der Waals surface area (Å²) >= 11 is 5.92. The number of para-hydroxylation sites is 1. The van der Waals surface area contributed by atoms with E-state index in [2.05, 4.69) is 21.7 Å². The van der Waals surface area contributed by atoms with Gasteiger partial charge in [0.2, 0.25) is 0 Å². The van der Waals surface area contributed by atoms with E-state index < -0.39 is 0 Å². The molecule has 2 aromatic carbocycles. The number of aromatic nitrogens is 1. The lowest BCUT2D eigenvalue weighted by Gasteiger charge is -2.32. The molecule has 1 fully saturated rings. The highest BCUT2D eigenvalue weighted by atomic mass is 35.5. The summed E-state index contributed by atoms with van der Waals surface area (Å²) in [5, 5.41) is 9.55. The van der Waals surface area contributed by atoms with Crippen LogP contribution in [0.25, 0.3) is 10.9 Å². The lowest BCUT2D eigenvalue weighted by Crippen LogP contribution is -2.35. The normalized spacial score (nSPS) is 15.2. The third-order valence-corrected chi connectivity index (χ3v) is 6.71. The summed E-state index contributed by atoms with van der Waals surface area (Å²) in [4.78, 5) is 2.58. The van der Waals surface area contributed by atoms with Crippen molar-refractivity contribution in [2.45, 2.75) is 32.2 Å². The number of ether oxygens (including phenoxy) is 2. The average molecular weight is 454 g/mol. The summed E-state index contributed by atoms with van der Waals surface area (Å²) in [5.74, 6) is 2.51. The van der Waals surface area contributed by atoms with E-state index >= 15 is 0 Å². The lowest BCUT2D eigenvalue weighted by atomic mass is 9.94. The van der Waals surface area contributed by atoms with Gasteiger partial charge in [0.05, 0.1) is 19.2 Å². The first-order valence-corrected chi connectivity index (χ1v) is 11.8. The number of methoxy groups -OCH3 is 1. The molecular weight excluding hydrogens is 422 g/mol. The van der Waals surface area contributed by atoms with Crippen LogP contribution in [0.1, 0.15) is 31.2 Å². The summed E-state index contributed by atoms with van der Waals surface area (Å²) in [5.41, 5.74) is 2.04. The van der Waals surface area contributed by atoms with Gasteiger partial charge >= 0.3 is 0 Å². The maximum absolute atomic E-state index is 7.73. The second-order valence-electron chi connectivity index (χ2n) is 8.51. The SMILES string of the molecule is COc1cccc2c(C=N)cn(CCCN3CCC(CCOc4ccc(Cl)cc4)CC3)c12. The van der Waals surface area contributed by atoms with Gasteiger partial charge in [0.1, 0.15) is 11.5 Å². The summed E-state index contributed by atoms with van der Waals surface area (Å²) < 4.78 is 13.7. The van der Waals surface area contributed by atoms with Crippen molar-refractivity contribution >= 4 is 28.7 Å². The first kappa shape index (κ1) is 22.7. The Bertz CT molecular complexity index is 1020. The Kier molecular flexibility index (Phi) is 7.72. The van der Waals surface area contributed by atoms with E-state index in [1.807, 2.05) is 36.4 Å². The molecule has 0 unspecified atom stereocenters. The Hall–Kier alpha value is -2.50. The van der Waals surface area contributed by atoms with Gasteiger partial charge in [0, 0.05) is 34.9 Å². The van der Waals surface area contributed by atoms with E-state index in [1.165, 1.54) is 19.1 Å². The van der Waals surface area contributed by atoms with E-state index in [4.69, 9.17) is 26.5 Å². The Balaban J connectivity index is 1.21. The van der Waals surface area contributed by atoms with Crippen LogP contribution in [0.4, 0.5) is 0 Å². The van der Waals surface area contributed by atoms with Crippen molar-refractivity contribution in [1.82, 2.24) is 9.47 Å². The highest BCUT2D eigenvalue weighted by Crippen LogP contribution is 2.29. The van der Waals surface area contributed by atoms with Gasteiger partial charge in [-0.3, -0.25) is 0 Å². The second kappa shape index (κ2) is 10.9. The molecule has 32 heavy (non-hydrogen) atoms. The van der Waals surface area contributed by atoms with Gasteiger partial charge in [-0.05, 0) is 81.6 Å². The predicted molar refractivity (Wildman–Crippen MR) is 132 cm³/mol. The molecule has 1 aliphatic heterocycles. The molecule has 0 amide bonds. The lowest BCUT2D eigenvalue weighted by molar-refractivity contribution is 0.160. The van der Waals surface area contributed by atoms with Gasteiger partial charge in [-0.15, -0.1) is 0 Å². The van der Waals surface area contributed by atoms with Crippen LogP contribution in [0.5, 0.6) is 11.5 Å². The van der Waals surface area contributed by atoms with E-state index in [0.717, 1.165) is 84.5 Å². The predicted octanol–water partition coefficient (Wildman–Crippen LogP) is 5.87. The molecule has 170 valence electrons. The number of piperidine rings is 1. The molecule has 1 N–H and O–H groups in total. The van der Waals surface area contributed by atoms with Crippen LogP contribution in [0.3, 0.4) is 0 Å². The van der Waals surface area contributed by atoms with Crippen molar-refractivity contribution in [2.75, 3.05) is 33.4 Å². The first-order valence-electron chi connectivity index (χ1n) is 11.4. The molecule has 0 bridgehead atoms. The number of nitrogens with zero attached hydrogens (tertiary/aromatic N) is 2. The molecule has 6 heteroatoms. The van der Waals surface area contributed by atoms with Gasteiger partial charge in [0.15, 0.2) is 0 Å². The maximum Gasteiger partial charge on any atom is 0.143 e. The standard InChI is InChI=1S/C26H32ClN3O2/c1-31-25-5-2-4-24-21(18-28)19-30(26(24)25)14-3-13-29-15-10-20(11-16-29)12-17-32-23-8-6-22(27)7-9-23/h2,4-9,18-20,28H,3,10-17H2,1H3. The Morgan fingerprint density at radius 3 is 2.59 bits per heavy atom. The average Bonchev–Trinajstić information content (AvgIpc) is 3.19. The topological polar surface area (TPSA) is 50.5 Å². The zero-order valence-corrected chi connectivity index (χ0v) is 19.5. The highest BCUT2D eigenvalue weighted by molar-refractivity contribution is 6.30. The van der Waals surface area contributed by atoms with Crippen LogP contribution in [0.2, 0.25) is 5.02 Å². The number of hydrogen-bond acceptors (Lipinski definition) is 4. The number of nitrogens with one attached hydrogen (secondary N) is 1. The minimum Gasteiger partial charge on any atom is -0.495 e. The van der Waals surface area contributed by atoms with Crippen molar-refractivity contribution < 1.29 is 9.47 Å². The summed E-state index contributed by atoms with van der Waals surface area (Å²) in [6, 6.07) is 13.6. The molecule has 0 spiro atoms. The Labute approximate surface area is 195 Å². The van der Waals surface area contributed by atoms with E-state index in [0.29, 0.717) is 0 Å². The molecule has 0 radical (unpaired) electrons. The molecule has 4 rings (SSSR count). The molecule has 2 heterocycles. The number of fused-ring (bicyclic) bond motifs is 1. The largest absolute Gasteiger partial charge is 0.495 e. The smallest absolute Gasteiger partial charge is 0.143 e. The van der Waals surface area contributed by atoms with Crippen molar-refractivity contribution in [3.05, 3.63) is 59.2 Å². The number of halogens is 1. The van der Waals surface area contributed by atoms with E-state index in [-0.39, 0.29) is 0 Å². The molecule has 0 atom stereocenters. The Morgan fingerprint density at radius 1 is 1.09 bits per heavy atom. The zero-order chi connectivity index (χ0) is 22.3. The summed E-state index contributed by atoms with van der Waals surface area (Å²) in [6.07, 6.45) is 8.18. The molecule has 0 aliphatic carbocycles. The minimum absolute atomic E-state index is 0.740.